The number of carbonyl (C=O) groups is 1. The molecule has 2 N–H and O–H groups in total. The van der Waals surface area contributed by atoms with Gasteiger partial charge in [-0.3, -0.25) is 14.9 Å². The summed E-state index contributed by atoms with van der Waals surface area (Å²) in [5.74, 6) is -0.00917. The number of para-hydroxylation sites is 2. The number of nitro benzene ring substituents is 1. The van der Waals surface area contributed by atoms with Crippen LogP contribution in [0.5, 0.6) is 0 Å². The number of nitrogens with zero attached hydrogens (tertiary/aromatic N) is 2. The topological polar surface area (TPSA) is 87.5 Å². The average molecular weight is 391 g/mol. The Balaban J connectivity index is 2.14. The smallest absolute Gasteiger partial charge is 0.292 e. The highest BCUT2D eigenvalue weighted by Crippen LogP contribution is 2.32. The Bertz CT molecular complexity index is 687. The second-order valence-corrected chi connectivity index (χ2v) is 9.02. The van der Waals surface area contributed by atoms with E-state index >= 15 is 0 Å². The first kappa shape index (κ1) is 22.1. The average Bonchev–Trinajstić information content (AvgIpc) is 2.57. The first-order valence-corrected chi connectivity index (χ1v) is 10.1. The van der Waals surface area contributed by atoms with E-state index in [4.69, 9.17) is 0 Å². The van der Waals surface area contributed by atoms with Crippen LogP contribution in [-0.4, -0.2) is 45.9 Å². The number of carbonyl (C=O) groups excluding carboxylic acids is 1. The van der Waals surface area contributed by atoms with Crippen LogP contribution in [0.25, 0.3) is 0 Å². The number of hydrogen-bond acceptors (Lipinski definition) is 5. The molecule has 0 atom stereocenters. The zero-order valence-electron chi connectivity index (χ0n) is 17.7. The van der Waals surface area contributed by atoms with Gasteiger partial charge in [0.15, 0.2) is 0 Å². The molecule has 0 bridgehead atoms. The number of benzene rings is 1. The van der Waals surface area contributed by atoms with Gasteiger partial charge in [-0.15, -0.1) is 0 Å². The van der Waals surface area contributed by atoms with Crippen molar-refractivity contribution in [2.24, 2.45) is 0 Å². The summed E-state index contributed by atoms with van der Waals surface area (Å²) < 4.78 is 0. The number of hydrogen-bond donors (Lipinski definition) is 2. The fourth-order valence-electron chi connectivity index (χ4n) is 4.38. The molecule has 1 saturated heterocycles. The lowest BCUT2D eigenvalue weighted by molar-refractivity contribution is -0.383. The van der Waals surface area contributed by atoms with Crippen molar-refractivity contribution < 1.29 is 9.72 Å². The standard InChI is InChI=1S/C21H34N4O3/c1-6-7-12-24(16-13-20(2,3)23-21(4,5)14-16)19(26)15-22-17-10-8-9-11-18(17)25(27)28/h8-11,16,22-23H,6-7,12-15H2,1-5H3. The van der Waals surface area contributed by atoms with Crippen molar-refractivity contribution in [3.05, 3.63) is 34.4 Å². The number of rotatable bonds is 8. The Hall–Kier alpha value is -2.15. The van der Waals surface area contributed by atoms with Gasteiger partial charge in [-0.05, 0) is 53.0 Å². The molecule has 1 aliphatic heterocycles. The fourth-order valence-corrected chi connectivity index (χ4v) is 4.38. The molecule has 1 aliphatic rings. The van der Waals surface area contributed by atoms with E-state index in [2.05, 4.69) is 45.3 Å². The van der Waals surface area contributed by atoms with E-state index in [0.29, 0.717) is 12.2 Å². The highest BCUT2D eigenvalue weighted by atomic mass is 16.6. The molecule has 28 heavy (non-hydrogen) atoms. The number of nitrogens with one attached hydrogen (secondary N) is 2. The van der Waals surface area contributed by atoms with Gasteiger partial charge in [0.25, 0.3) is 5.69 Å². The van der Waals surface area contributed by atoms with Crippen molar-refractivity contribution >= 4 is 17.3 Å². The molecule has 0 aromatic heterocycles. The third kappa shape index (κ3) is 5.92. The Labute approximate surface area is 168 Å². The Morgan fingerprint density at radius 2 is 1.86 bits per heavy atom. The van der Waals surface area contributed by atoms with Crippen LogP contribution >= 0.6 is 0 Å². The lowest BCUT2D eigenvalue weighted by atomic mass is 9.79. The minimum atomic E-state index is -0.431. The van der Waals surface area contributed by atoms with Crippen LogP contribution in [0.3, 0.4) is 0 Å². The minimum Gasteiger partial charge on any atom is -0.371 e. The summed E-state index contributed by atoms with van der Waals surface area (Å²) >= 11 is 0. The number of amides is 1. The molecule has 1 fully saturated rings. The molecule has 0 unspecified atom stereocenters. The van der Waals surface area contributed by atoms with E-state index in [1.165, 1.54) is 6.07 Å². The Morgan fingerprint density at radius 3 is 2.43 bits per heavy atom. The summed E-state index contributed by atoms with van der Waals surface area (Å²) in [5.41, 5.74) is 0.257. The van der Waals surface area contributed by atoms with Crippen molar-refractivity contribution in [1.82, 2.24) is 10.2 Å². The predicted molar refractivity (Wildman–Crippen MR) is 113 cm³/mol. The minimum absolute atomic E-state index is 0.00917. The van der Waals surface area contributed by atoms with Crippen molar-refractivity contribution in [2.75, 3.05) is 18.4 Å². The number of unbranched alkanes of at least 4 members (excludes halogenated alkanes) is 1. The van der Waals surface area contributed by atoms with Gasteiger partial charge in [0.2, 0.25) is 5.91 Å². The molecule has 1 aromatic carbocycles. The Morgan fingerprint density at radius 1 is 1.25 bits per heavy atom. The first-order chi connectivity index (χ1) is 13.0. The maximum atomic E-state index is 13.1. The van der Waals surface area contributed by atoms with Crippen LogP contribution in [-0.2, 0) is 4.79 Å². The van der Waals surface area contributed by atoms with Gasteiger partial charge in [-0.1, -0.05) is 25.5 Å². The summed E-state index contributed by atoms with van der Waals surface area (Å²) in [6.45, 7) is 11.6. The fraction of sp³-hybridized carbons (Fsp3) is 0.667. The largest absolute Gasteiger partial charge is 0.371 e. The third-order valence-corrected chi connectivity index (χ3v) is 5.21. The lowest BCUT2D eigenvalue weighted by Crippen LogP contribution is -2.63. The lowest BCUT2D eigenvalue weighted by Gasteiger charge is -2.49. The van der Waals surface area contributed by atoms with Crippen LogP contribution < -0.4 is 10.6 Å². The molecule has 7 heteroatoms. The number of anilines is 1. The van der Waals surface area contributed by atoms with Crippen molar-refractivity contribution in [1.29, 1.82) is 0 Å². The van der Waals surface area contributed by atoms with Gasteiger partial charge in [-0.2, -0.15) is 0 Å². The quantitative estimate of drug-likeness (QED) is 0.518. The molecular weight excluding hydrogens is 356 g/mol. The zero-order chi connectivity index (χ0) is 20.9. The molecule has 1 heterocycles. The zero-order valence-corrected chi connectivity index (χ0v) is 17.7. The first-order valence-electron chi connectivity index (χ1n) is 10.1. The van der Waals surface area contributed by atoms with E-state index in [1.807, 2.05) is 4.90 Å². The van der Waals surface area contributed by atoms with Crippen LogP contribution in [0.15, 0.2) is 24.3 Å². The summed E-state index contributed by atoms with van der Waals surface area (Å²) in [7, 11) is 0. The maximum absolute atomic E-state index is 13.1. The number of nitro groups is 1. The van der Waals surface area contributed by atoms with E-state index in [0.717, 1.165) is 25.7 Å². The van der Waals surface area contributed by atoms with Crippen LogP contribution in [0.4, 0.5) is 11.4 Å². The summed E-state index contributed by atoms with van der Waals surface area (Å²) in [6.07, 6.45) is 3.73. The SMILES string of the molecule is CCCCN(C(=O)CNc1ccccc1[N+](=O)[O-])C1CC(C)(C)NC(C)(C)C1. The molecular formula is C21H34N4O3. The van der Waals surface area contributed by atoms with E-state index in [9.17, 15) is 14.9 Å². The summed E-state index contributed by atoms with van der Waals surface area (Å²) in [4.78, 5) is 25.8. The van der Waals surface area contributed by atoms with Crippen LogP contribution in [0.2, 0.25) is 0 Å². The van der Waals surface area contributed by atoms with Crippen molar-refractivity contribution in [3.63, 3.8) is 0 Å². The molecule has 0 radical (unpaired) electrons. The van der Waals surface area contributed by atoms with Crippen LogP contribution in [0.1, 0.15) is 60.3 Å². The molecule has 0 aliphatic carbocycles. The predicted octanol–water partition coefficient (Wildman–Crippen LogP) is 3.94. The van der Waals surface area contributed by atoms with Gasteiger partial charge < -0.3 is 15.5 Å². The summed E-state index contributed by atoms with van der Waals surface area (Å²) in [6, 6.07) is 6.58. The maximum Gasteiger partial charge on any atom is 0.292 e. The third-order valence-electron chi connectivity index (χ3n) is 5.21. The van der Waals surface area contributed by atoms with Gasteiger partial charge in [-0.25, -0.2) is 0 Å². The van der Waals surface area contributed by atoms with E-state index in [1.54, 1.807) is 18.2 Å². The van der Waals surface area contributed by atoms with Crippen molar-refractivity contribution in [2.45, 2.75) is 77.4 Å². The molecule has 7 nitrogen and oxygen atoms in total. The summed E-state index contributed by atoms with van der Waals surface area (Å²) in [5, 5.41) is 17.8. The molecule has 0 saturated carbocycles. The van der Waals surface area contributed by atoms with Gasteiger partial charge >= 0.3 is 0 Å². The van der Waals surface area contributed by atoms with Gasteiger partial charge in [0.1, 0.15) is 5.69 Å². The van der Waals surface area contributed by atoms with Gasteiger partial charge in [0.05, 0.1) is 11.5 Å². The van der Waals surface area contributed by atoms with Crippen molar-refractivity contribution in [3.8, 4) is 0 Å². The normalized spacial score (nSPS) is 18.5. The van der Waals surface area contributed by atoms with E-state index in [-0.39, 0.29) is 35.3 Å². The molecule has 2 rings (SSSR count). The molecule has 1 aromatic rings. The molecule has 156 valence electrons. The number of piperidine rings is 1. The Kier molecular flexibility index (Phi) is 7.04. The van der Waals surface area contributed by atoms with Crippen LogP contribution in [0, 0.1) is 10.1 Å². The highest BCUT2D eigenvalue weighted by molar-refractivity contribution is 5.82. The highest BCUT2D eigenvalue weighted by Gasteiger charge is 2.40. The second-order valence-electron chi connectivity index (χ2n) is 9.02. The molecule has 0 spiro atoms. The monoisotopic (exact) mass is 390 g/mol. The second kappa shape index (κ2) is 8.90. The van der Waals surface area contributed by atoms with Gasteiger partial charge in [0, 0.05) is 29.7 Å². The van der Waals surface area contributed by atoms with E-state index < -0.39 is 4.92 Å². The molecule has 1 amide bonds.